The molecule has 0 amide bonds. The zero-order valence-corrected chi connectivity index (χ0v) is 14.5. The molecule has 5 nitrogen and oxygen atoms in total. The zero-order chi connectivity index (χ0) is 16.0. The number of hydrogen-bond acceptors (Lipinski definition) is 3. The van der Waals surface area contributed by atoms with Gasteiger partial charge in [0.1, 0.15) is 0 Å². The lowest BCUT2D eigenvalue weighted by Crippen LogP contribution is -2.32. The zero-order valence-electron chi connectivity index (χ0n) is 12.1. The van der Waals surface area contributed by atoms with Crippen molar-refractivity contribution in [3.63, 3.8) is 0 Å². The molecule has 0 aliphatic carbocycles. The standard InChI is InChI=1S/C14H20BrNO4S/c1-10-6-5-8-12(14(10)15)21(19,20)16-11(2)7-3-4-9-13(17)18/h5-6,8,11,16H,3-4,7,9H2,1-2H3,(H,17,18)/t11-/m1/s1. The van der Waals surface area contributed by atoms with E-state index in [1.165, 1.54) is 0 Å². The summed E-state index contributed by atoms with van der Waals surface area (Å²) in [7, 11) is -3.58. The van der Waals surface area contributed by atoms with Crippen molar-refractivity contribution in [1.82, 2.24) is 4.72 Å². The summed E-state index contributed by atoms with van der Waals surface area (Å²) in [4.78, 5) is 10.6. The number of benzene rings is 1. The van der Waals surface area contributed by atoms with E-state index in [1.54, 1.807) is 19.1 Å². The molecule has 1 aromatic carbocycles. The van der Waals surface area contributed by atoms with Gasteiger partial charge in [-0.05, 0) is 54.2 Å². The molecule has 0 aromatic heterocycles. The molecule has 0 spiro atoms. The first-order valence-electron chi connectivity index (χ1n) is 6.73. The Hall–Kier alpha value is -0.920. The van der Waals surface area contributed by atoms with Gasteiger partial charge in [0, 0.05) is 16.9 Å². The van der Waals surface area contributed by atoms with Crippen LogP contribution < -0.4 is 4.72 Å². The van der Waals surface area contributed by atoms with Gasteiger partial charge in [0.15, 0.2) is 0 Å². The molecule has 0 saturated carbocycles. The number of nitrogens with one attached hydrogen (secondary N) is 1. The van der Waals surface area contributed by atoms with Gasteiger partial charge in [0.25, 0.3) is 0 Å². The average Bonchev–Trinajstić information content (AvgIpc) is 2.37. The van der Waals surface area contributed by atoms with Crippen LogP contribution in [0.25, 0.3) is 0 Å². The predicted molar refractivity (Wildman–Crippen MR) is 84.8 cm³/mol. The van der Waals surface area contributed by atoms with Crippen LogP contribution >= 0.6 is 15.9 Å². The first-order chi connectivity index (χ1) is 9.74. The number of carboxylic acids is 1. The van der Waals surface area contributed by atoms with E-state index in [1.807, 2.05) is 13.0 Å². The van der Waals surface area contributed by atoms with Crippen molar-refractivity contribution in [2.24, 2.45) is 0 Å². The number of carbonyl (C=O) groups is 1. The van der Waals surface area contributed by atoms with Gasteiger partial charge in [-0.25, -0.2) is 13.1 Å². The number of aryl methyl sites for hydroxylation is 1. The summed E-state index contributed by atoms with van der Waals surface area (Å²) in [6.07, 6.45) is 1.94. The van der Waals surface area contributed by atoms with Crippen LogP contribution in [0.4, 0.5) is 0 Å². The number of halogens is 1. The minimum Gasteiger partial charge on any atom is -0.481 e. The molecule has 118 valence electrons. The Morgan fingerprint density at radius 3 is 2.67 bits per heavy atom. The molecule has 1 aromatic rings. The molecule has 1 atom stereocenters. The number of carboxylic acid groups (broad SMARTS) is 1. The summed E-state index contributed by atoms with van der Waals surface area (Å²) in [5.41, 5.74) is 0.854. The molecule has 0 fully saturated rings. The van der Waals surface area contributed by atoms with Gasteiger partial charge >= 0.3 is 5.97 Å². The molecule has 0 aliphatic heterocycles. The fourth-order valence-corrected chi connectivity index (χ4v) is 4.27. The van der Waals surface area contributed by atoms with Crippen LogP contribution in [0.5, 0.6) is 0 Å². The van der Waals surface area contributed by atoms with Crippen LogP contribution in [-0.4, -0.2) is 25.5 Å². The van der Waals surface area contributed by atoms with E-state index in [4.69, 9.17) is 5.11 Å². The predicted octanol–water partition coefficient (Wildman–Crippen LogP) is 3.07. The lowest BCUT2D eigenvalue weighted by Gasteiger charge is -2.15. The first kappa shape index (κ1) is 18.1. The largest absolute Gasteiger partial charge is 0.481 e. The smallest absolute Gasteiger partial charge is 0.303 e. The lowest BCUT2D eigenvalue weighted by molar-refractivity contribution is -0.137. The van der Waals surface area contributed by atoms with Crippen molar-refractivity contribution in [2.75, 3.05) is 0 Å². The minimum absolute atomic E-state index is 0.114. The Morgan fingerprint density at radius 1 is 1.38 bits per heavy atom. The third-order valence-electron chi connectivity index (χ3n) is 3.08. The van der Waals surface area contributed by atoms with Crippen molar-refractivity contribution in [1.29, 1.82) is 0 Å². The van der Waals surface area contributed by atoms with E-state index in [-0.39, 0.29) is 17.4 Å². The van der Waals surface area contributed by atoms with Crippen LogP contribution in [0.15, 0.2) is 27.6 Å². The lowest BCUT2D eigenvalue weighted by atomic mass is 10.1. The highest BCUT2D eigenvalue weighted by molar-refractivity contribution is 9.10. The van der Waals surface area contributed by atoms with Crippen molar-refractivity contribution in [2.45, 2.75) is 50.5 Å². The van der Waals surface area contributed by atoms with E-state index >= 15 is 0 Å². The monoisotopic (exact) mass is 377 g/mol. The first-order valence-corrected chi connectivity index (χ1v) is 9.01. The topological polar surface area (TPSA) is 83.5 Å². The van der Waals surface area contributed by atoms with E-state index in [0.29, 0.717) is 23.7 Å². The second kappa shape index (κ2) is 7.91. The molecular formula is C14H20BrNO4S. The average molecular weight is 378 g/mol. The molecule has 21 heavy (non-hydrogen) atoms. The fourth-order valence-electron chi connectivity index (χ4n) is 1.94. The second-order valence-corrected chi connectivity index (χ2v) is 7.52. The molecular weight excluding hydrogens is 358 g/mol. The Morgan fingerprint density at radius 2 is 2.05 bits per heavy atom. The van der Waals surface area contributed by atoms with E-state index in [0.717, 1.165) is 5.56 Å². The molecule has 7 heteroatoms. The quantitative estimate of drug-likeness (QED) is 0.681. The molecule has 0 aliphatic rings. The Labute approximate surface area is 133 Å². The molecule has 0 unspecified atom stereocenters. The molecule has 0 radical (unpaired) electrons. The highest BCUT2D eigenvalue weighted by atomic mass is 79.9. The van der Waals surface area contributed by atoms with Crippen molar-refractivity contribution in [3.05, 3.63) is 28.2 Å². The van der Waals surface area contributed by atoms with E-state index < -0.39 is 16.0 Å². The Balaban J connectivity index is 2.63. The summed E-state index contributed by atoms with van der Waals surface area (Å²) in [6, 6.07) is 4.84. The van der Waals surface area contributed by atoms with Crippen molar-refractivity contribution < 1.29 is 18.3 Å². The van der Waals surface area contributed by atoms with Gasteiger partial charge in [-0.2, -0.15) is 0 Å². The summed E-state index contributed by atoms with van der Waals surface area (Å²) in [5, 5.41) is 8.55. The minimum atomic E-state index is -3.58. The maximum atomic E-state index is 12.3. The van der Waals surface area contributed by atoms with Crippen LogP contribution in [0, 0.1) is 6.92 Å². The second-order valence-electron chi connectivity index (χ2n) is 5.05. The number of unbranched alkanes of at least 4 members (excludes halogenated alkanes) is 1. The van der Waals surface area contributed by atoms with Crippen LogP contribution in [-0.2, 0) is 14.8 Å². The number of aliphatic carboxylic acids is 1. The van der Waals surface area contributed by atoms with Gasteiger partial charge in [0.05, 0.1) is 4.90 Å². The van der Waals surface area contributed by atoms with Gasteiger partial charge in [0.2, 0.25) is 10.0 Å². The van der Waals surface area contributed by atoms with Gasteiger partial charge < -0.3 is 5.11 Å². The molecule has 0 saturated heterocycles. The highest BCUT2D eigenvalue weighted by Crippen LogP contribution is 2.25. The number of sulfonamides is 1. The molecule has 0 bridgehead atoms. The Kier molecular flexibility index (Phi) is 6.83. The van der Waals surface area contributed by atoms with Crippen LogP contribution in [0.3, 0.4) is 0 Å². The Bertz CT molecular complexity index is 601. The summed E-state index contributed by atoms with van der Waals surface area (Å²) >= 11 is 3.30. The number of hydrogen-bond donors (Lipinski definition) is 2. The summed E-state index contributed by atoms with van der Waals surface area (Å²) in [5.74, 6) is -0.827. The normalized spacial score (nSPS) is 13.1. The molecule has 2 N–H and O–H groups in total. The van der Waals surface area contributed by atoms with Crippen LogP contribution in [0.2, 0.25) is 0 Å². The molecule has 1 rings (SSSR count). The van der Waals surface area contributed by atoms with Crippen molar-refractivity contribution >= 4 is 31.9 Å². The fraction of sp³-hybridized carbons (Fsp3) is 0.500. The van der Waals surface area contributed by atoms with Crippen molar-refractivity contribution in [3.8, 4) is 0 Å². The molecule has 0 heterocycles. The summed E-state index contributed by atoms with van der Waals surface area (Å²) < 4.78 is 27.8. The maximum absolute atomic E-state index is 12.3. The van der Waals surface area contributed by atoms with E-state index in [2.05, 4.69) is 20.7 Å². The van der Waals surface area contributed by atoms with E-state index in [9.17, 15) is 13.2 Å². The highest BCUT2D eigenvalue weighted by Gasteiger charge is 2.20. The third kappa shape index (κ3) is 5.76. The van der Waals surface area contributed by atoms with Crippen LogP contribution in [0.1, 0.15) is 38.2 Å². The maximum Gasteiger partial charge on any atom is 0.303 e. The number of rotatable bonds is 8. The SMILES string of the molecule is Cc1cccc(S(=O)(=O)N[C@H](C)CCCCC(=O)O)c1Br. The summed E-state index contributed by atoms with van der Waals surface area (Å²) in [6.45, 7) is 3.61. The van der Waals surface area contributed by atoms with Gasteiger partial charge in [-0.3, -0.25) is 4.79 Å². The van der Waals surface area contributed by atoms with Gasteiger partial charge in [-0.15, -0.1) is 0 Å². The van der Waals surface area contributed by atoms with Gasteiger partial charge in [-0.1, -0.05) is 18.6 Å². The third-order valence-corrected chi connectivity index (χ3v) is 6.03.